The molecule has 82 valence electrons. The molecule has 2 heterocycles. The molecule has 1 saturated heterocycles. The molecule has 1 N–H and O–H groups in total. The molecule has 2 rings (SSSR count). The standard InChI is InChI=1S/C9H14N4O2/c1-6-5-10-3-4-13(6)9(14)8-11-7(2)15-12-8/h6,10H,3-5H2,1-2H3/t6-/m1/s1. The van der Waals surface area contributed by atoms with Crippen LogP contribution in [0.2, 0.25) is 0 Å². The van der Waals surface area contributed by atoms with Gasteiger partial charge < -0.3 is 14.7 Å². The number of nitrogens with zero attached hydrogens (tertiary/aromatic N) is 3. The summed E-state index contributed by atoms with van der Waals surface area (Å²) in [5, 5.41) is 6.85. The lowest BCUT2D eigenvalue weighted by Crippen LogP contribution is -2.52. The lowest BCUT2D eigenvalue weighted by atomic mass is 10.2. The van der Waals surface area contributed by atoms with Crippen molar-refractivity contribution in [2.45, 2.75) is 19.9 Å². The highest BCUT2D eigenvalue weighted by Gasteiger charge is 2.26. The summed E-state index contributed by atoms with van der Waals surface area (Å²) < 4.78 is 4.79. The van der Waals surface area contributed by atoms with Crippen molar-refractivity contribution in [1.82, 2.24) is 20.4 Å². The number of aromatic nitrogens is 2. The molecule has 1 amide bonds. The zero-order chi connectivity index (χ0) is 10.8. The van der Waals surface area contributed by atoms with Crippen molar-refractivity contribution in [3.63, 3.8) is 0 Å². The van der Waals surface area contributed by atoms with Gasteiger partial charge in [0, 0.05) is 32.6 Å². The van der Waals surface area contributed by atoms with E-state index in [1.807, 2.05) is 6.92 Å². The number of piperazine rings is 1. The second kappa shape index (κ2) is 3.98. The molecule has 1 aliphatic rings. The molecule has 0 saturated carbocycles. The Kier molecular flexibility index (Phi) is 2.68. The van der Waals surface area contributed by atoms with E-state index in [0.29, 0.717) is 12.4 Å². The molecule has 1 aliphatic heterocycles. The number of carbonyl (C=O) groups is 1. The van der Waals surface area contributed by atoms with Crippen molar-refractivity contribution in [3.8, 4) is 0 Å². The molecule has 15 heavy (non-hydrogen) atoms. The Balaban J connectivity index is 2.13. The first-order valence-electron chi connectivity index (χ1n) is 5.00. The fourth-order valence-corrected chi connectivity index (χ4v) is 1.66. The monoisotopic (exact) mass is 210 g/mol. The maximum atomic E-state index is 11.9. The summed E-state index contributed by atoms with van der Waals surface area (Å²) in [6, 6.07) is 0.171. The van der Waals surface area contributed by atoms with E-state index in [0.717, 1.165) is 13.1 Å². The Labute approximate surface area is 87.6 Å². The van der Waals surface area contributed by atoms with Gasteiger partial charge in [0.1, 0.15) is 0 Å². The summed E-state index contributed by atoms with van der Waals surface area (Å²) in [7, 11) is 0. The predicted octanol–water partition coefficient (Wildman–Crippen LogP) is -0.188. The Morgan fingerprint density at radius 2 is 2.47 bits per heavy atom. The molecule has 0 spiro atoms. The van der Waals surface area contributed by atoms with Gasteiger partial charge in [-0.2, -0.15) is 4.98 Å². The molecule has 1 aromatic rings. The van der Waals surface area contributed by atoms with Gasteiger partial charge in [-0.25, -0.2) is 0 Å². The van der Waals surface area contributed by atoms with Crippen molar-refractivity contribution < 1.29 is 9.32 Å². The third-order valence-corrected chi connectivity index (χ3v) is 2.48. The van der Waals surface area contributed by atoms with Gasteiger partial charge in [-0.05, 0) is 6.92 Å². The largest absolute Gasteiger partial charge is 0.339 e. The van der Waals surface area contributed by atoms with Crippen molar-refractivity contribution >= 4 is 5.91 Å². The Hall–Kier alpha value is -1.43. The fraction of sp³-hybridized carbons (Fsp3) is 0.667. The predicted molar refractivity (Wildman–Crippen MR) is 52.4 cm³/mol. The van der Waals surface area contributed by atoms with Gasteiger partial charge in [0.25, 0.3) is 11.7 Å². The second-order valence-electron chi connectivity index (χ2n) is 3.69. The third kappa shape index (κ3) is 1.99. The number of rotatable bonds is 1. The number of hydrogen-bond acceptors (Lipinski definition) is 5. The maximum absolute atomic E-state index is 11.9. The number of nitrogens with one attached hydrogen (secondary N) is 1. The number of carbonyl (C=O) groups excluding carboxylic acids is 1. The van der Waals surface area contributed by atoms with E-state index in [4.69, 9.17) is 4.52 Å². The average Bonchev–Trinajstić information content (AvgIpc) is 2.65. The molecule has 0 aliphatic carbocycles. The maximum Gasteiger partial charge on any atom is 0.295 e. The highest BCUT2D eigenvalue weighted by molar-refractivity contribution is 5.90. The SMILES string of the molecule is Cc1nc(C(=O)N2CCNC[C@H]2C)no1. The van der Waals surface area contributed by atoms with Gasteiger partial charge in [-0.3, -0.25) is 4.79 Å². The van der Waals surface area contributed by atoms with E-state index in [1.54, 1.807) is 11.8 Å². The van der Waals surface area contributed by atoms with E-state index in [1.165, 1.54) is 0 Å². The molecular weight excluding hydrogens is 196 g/mol. The molecule has 0 radical (unpaired) electrons. The molecule has 6 nitrogen and oxygen atoms in total. The number of aryl methyl sites for hydroxylation is 1. The lowest BCUT2D eigenvalue weighted by molar-refractivity contribution is 0.0640. The van der Waals surface area contributed by atoms with Crippen LogP contribution in [0.25, 0.3) is 0 Å². The van der Waals surface area contributed by atoms with Crippen molar-refractivity contribution in [2.75, 3.05) is 19.6 Å². The summed E-state index contributed by atoms with van der Waals surface area (Å²) in [5.74, 6) is 0.420. The zero-order valence-electron chi connectivity index (χ0n) is 8.86. The molecule has 1 atom stereocenters. The molecule has 6 heteroatoms. The van der Waals surface area contributed by atoms with Gasteiger partial charge in [0.05, 0.1) is 0 Å². The molecular formula is C9H14N4O2. The van der Waals surface area contributed by atoms with E-state index >= 15 is 0 Å². The average molecular weight is 210 g/mol. The quantitative estimate of drug-likeness (QED) is 0.695. The summed E-state index contributed by atoms with van der Waals surface area (Å²) in [6.45, 7) is 5.98. The van der Waals surface area contributed by atoms with Crippen LogP contribution < -0.4 is 5.32 Å². The van der Waals surface area contributed by atoms with E-state index < -0.39 is 0 Å². The molecule has 1 aromatic heterocycles. The normalized spacial score (nSPS) is 21.7. The van der Waals surface area contributed by atoms with Crippen LogP contribution >= 0.6 is 0 Å². The van der Waals surface area contributed by atoms with Gasteiger partial charge in [0.15, 0.2) is 0 Å². The van der Waals surface area contributed by atoms with Crippen LogP contribution in [0, 0.1) is 6.92 Å². The van der Waals surface area contributed by atoms with Gasteiger partial charge in [-0.1, -0.05) is 5.16 Å². The van der Waals surface area contributed by atoms with E-state index in [-0.39, 0.29) is 17.8 Å². The van der Waals surface area contributed by atoms with Crippen LogP contribution in [0.4, 0.5) is 0 Å². The summed E-state index contributed by atoms with van der Waals surface area (Å²) in [5.41, 5.74) is 0. The van der Waals surface area contributed by atoms with E-state index in [9.17, 15) is 4.79 Å². The van der Waals surface area contributed by atoms with Crippen molar-refractivity contribution in [3.05, 3.63) is 11.7 Å². The van der Waals surface area contributed by atoms with Crippen LogP contribution in [-0.4, -0.2) is 46.6 Å². The fourth-order valence-electron chi connectivity index (χ4n) is 1.66. The smallest absolute Gasteiger partial charge is 0.295 e. The Bertz CT molecular complexity index is 363. The first kappa shape index (κ1) is 10.1. The molecule has 1 fully saturated rings. The Morgan fingerprint density at radius 1 is 1.67 bits per heavy atom. The van der Waals surface area contributed by atoms with Gasteiger partial charge in [-0.15, -0.1) is 0 Å². The van der Waals surface area contributed by atoms with Crippen LogP contribution in [-0.2, 0) is 0 Å². The first-order valence-corrected chi connectivity index (χ1v) is 5.00. The minimum Gasteiger partial charge on any atom is -0.339 e. The highest BCUT2D eigenvalue weighted by atomic mass is 16.5. The molecule has 0 aromatic carbocycles. The van der Waals surface area contributed by atoms with Crippen LogP contribution in [0.3, 0.4) is 0 Å². The summed E-state index contributed by atoms with van der Waals surface area (Å²) in [6.07, 6.45) is 0. The lowest BCUT2D eigenvalue weighted by Gasteiger charge is -2.32. The van der Waals surface area contributed by atoms with Crippen molar-refractivity contribution in [1.29, 1.82) is 0 Å². The highest BCUT2D eigenvalue weighted by Crippen LogP contribution is 2.07. The number of hydrogen-bond donors (Lipinski definition) is 1. The third-order valence-electron chi connectivity index (χ3n) is 2.48. The van der Waals surface area contributed by atoms with Crippen LogP contribution in [0.15, 0.2) is 4.52 Å². The summed E-state index contributed by atoms with van der Waals surface area (Å²) >= 11 is 0. The Morgan fingerprint density at radius 3 is 3.07 bits per heavy atom. The zero-order valence-corrected chi connectivity index (χ0v) is 8.86. The minimum atomic E-state index is -0.152. The van der Waals surface area contributed by atoms with E-state index in [2.05, 4.69) is 15.5 Å². The van der Waals surface area contributed by atoms with Crippen molar-refractivity contribution in [2.24, 2.45) is 0 Å². The molecule has 0 bridgehead atoms. The minimum absolute atomic E-state index is 0.152. The number of amides is 1. The topological polar surface area (TPSA) is 71.3 Å². The first-order chi connectivity index (χ1) is 7.18. The van der Waals surface area contributed by atoms with Crippen LogP contribution in [0.1, 0.15) is 23.4 Å². The summed E-state index contributed by atoms with van der Waals surface area (Å²) in [4.78, 5) is 17.6. The van der Waals surface area contributed by atoms with Gasteiger partial charge >= 0.3 is 0 Å². The second-order valence-corrected chi connectivity index (χ2v) is 3.69. The van der Waals surface area contributed by atoms with Crippen LogP contribution in [0.5, 0.6) is 0 Å². The van der Waals surface area contributed by atoms with Gasteiger partial charge in [0.2, 0.25) is 5.89 Å². The molecule has 0 unspecified atom stereocenters.